The molecule has 1 aromatic carbocycles. The van der Waals surface area contributed by atoms with Crippen LogP contribution in [0.4, 0.5) is 5.69 Å². The van der Waals surface area contributed by atoms with Gasteiger partial charge in [-0.15, -0.1) is 11.3 Å². The number of benzene rings is 1. The largest absolute Gasteiger partial charge is 0.376 e. The molecule has 0 bridgehead atoms. The third-order valence-electron chi connectivity index (χ3n) is 2.93. The fraction of sp³-hybridized carbons (Fsp3) is 0.267. The van der Waals surface area contributed by atoms with Gasteiger partial charge >= 0.3 is 0 Å². The van der Waals surface area contributed by atoms with Crippen LogP contribution in [-0.2, 0) is 4.79 Å². The maximum absolute atomic E-state index is 11.9. The normalized spacial score (nSPS) is 11.9. The van der Waals surface area contributed by atoms with Gasteiger partial charge in [0.15, 0.2) is 0 Å². The lowest BCUT2D eigenvalue weighted by atomic mass is 10.2. The summed E-state index contributed by atoms with van der Waals surface area (Å²) in [6.07, 6.45) is 0. The summed E-state index contributed by atoms with van der Waals surface area (Å²) < 4.78 is 0. The molecule has 0 saturated heterocycles. The predicted molar refractivity (Wildman–Crippen MR) is 80.5 cm³/mol. The minimum atomic E-state index is 0.00385. The molecule has 0 aliphatic rings. The third kappa shape index (κ3) is 3.83. The summed E-state index contributed by atoms with van der Waals surface area (Å²) in [6.45, 7) is 4.31. The molecule has 0 saturated carbocycles. The van der Waals surface area contributed by atoms with Gasteiger partial charge in [0.1, 0.15) is 0 Å². The lowest BCUT2D eigenvalue weighted by Crippen LogP contribution is -2.31. The molecule has 2 N–H and O–H groups in total. The maximum Gasteiger partial charge on any atom is 0.239 e. The topological polar surface area (TPSA) is 41.1 Å². The molecule has 0 spiro atoms. The molecule has 2 aromatic rings. The Balaban J connectivity index is 1.84. The van der Waals surface area contributed by atoms with Crippen molar-refractivity contribution >= 4 is 22.9 Å². The van der Waals surface area contributed by atoms with E-state index in [-0.39, 0.29) is 11.9 Å². The molecule has 1 aromatic heterocycles. The number of carbonyl (C=O) groups excluding carboxylic acids is 1. The highest BCUT2D eigenvalue weighted by Crippen LogP contribution is 2.18. The van der Waals surface area contributed by atoms with E-state index in [2.05, 4.69) is 10.6 Å². The van der Waals surface area contributed by atoms with Crippen LogP contribution in [0.2, 0.25) is 0 Å². The Morgan fingerprint density at radius 1 is 1.26 bits per heavy atom. The average molecular weight is 274 g/mol. The monoisotopic (exact) mass is 274 g/mol. The van der Waals surface area contributed by atoms with E-state index in [1.807, 2.05) is 55.6 Å². The van der Waals surface area contributed by atoms with Gasteiger partial charge in [0.2, 0.25) is 5.91 Å². The summed E-state index contributed by atoms with van der Waals surface area (Å²) in [5, 5.41) is 8.15. The minimum absolute atomic E-state index is 0.00385. The molecular formula is C15H18N2OS. The Bertz CT molecular complexity index is 537. The molecule has 1 heterocycles. The van der Waals surface area contributed by atoms with E-state index in [0.717, 1.165) is 11.3 Å². The molecule has 4 heteroatoms. The van der Waals surface area contributed by atoms with Crippen molar-refractivity contribution in [3.63, 3.8) is 0 Å². The van der Waals surface area contributed by atoms with E-state index >= 15 is 0 Å². The summed E-state index contributed by atoms with van der Waals surface area (Å²) >= 11 is 1.65. The summed E-state index contributed by atoms with van der Waals surface area (Å²) in [5.41, 5.74) is 2.14. The van der Waals surface area contributed by atoms with E-state index in [4.69, 9.17) is 0 Å². The van der Waals surface area contributed by atoms with Crippen molar-refractivity contribution < 1.29 is 4.79 Å². The molecule has 2 rings (SSSR count). The smallest absolute Gasteiger partial charge is 0.239 e. The van der Waals surface area contributed by atoms with Gasteiger partial charge in [-0.1, -0.05) is 24.3 Å². The Hall–Kier alpha value is -1.81. The zero-order chi connectivity index (χ0) is 13.7. The van der Waals surface area contributed by atoms with Crippen LogP contribution in [-0.4, -0.2) is 12.5 Å². The second-order valence-electron chi connectivity index (χ2n) is 4.47. The summed E-state index contributed by atoms with van der Waals surface area (Å²) in [7, 11) is 0. The van der Waals surface area contributed by atoms with Gasteiger partial charge in [-0.3, -0.25) is 4.79 Å². The van der Waals surface area contributed by atoms with E-state index in [1.54, 1.807) is 11.3 Å². The van der Waals surface area contributed by atoms with Crippen LogP contribution >= 0.6 is 11.3 Å². The van der Waals surface area contributed by atoms with E-state index < -0.39 is 0 Å². The minimum Gasteiger partial charge on any atom is -0.376 e. The first-order valence-electron chi connectivity index (χ1n) is 6.29. The van der Waals surface area contributed by atoms with Crippen molar-refractivity contribution in [1.82, 2.24) is 5.32 Å². The zero-order valence-corrected chi connectivity index (χ0v) is 12.0. The van der Waals surface area contributed by atoms with Crippen molar-refractivity contribution in [3.05, 3.63) is 52.2 Å². The molecular weight excluding hydrogens is 256 g/mol. The van der Waals surface area contributed by atoms with Crippen molar-refractivity contribution in [2.45, 2.75) is 19.9 Å². The lowest BCUT2D eigenvalue weighted by molar-refractivity contribution is -0.120. The first-order chi connectivity index (χ1) is 9.16. The van der Waals surface area contributed by atoms with Crippen LogP contribution in [0.1, 0.15) is 23.4 Å². The number of carbonyl (C=O) groups is 1. The molecule has 1 amide bonds. The number of anilines is 1. The standard InChI is InChI=1S/C15H18N2OS/c1-11-6-3-4-7-13(11)16-10-15(18)17-12(2)14-8-5-9-19-14/h3-9,12,16H,10H2,1-2H3,(H,17,18)/t12-/m0/s1. The van der Waals surface area contributed by atoms with Crippen LogP contribution in [0.15, 0.2) is 41.8 Å². The van der Waals surface area contributed by atoms with Crippen LogP contribution in [0.3, 0.4) is 0 Å². The van der Waals surface area contributed by atoms with Crippen molar-refractivity contribution in [3.8, 4) is 0 Å². The highest BCUT2D eigenvalue weighted by atomic mass is 32.1. The molecule has 0 aliphatic heterocycles. The van der Waals surface area contributed by atoms with Gasteiger partial charge < -0.3 is 10.6 Å². The molecule has 0 radical (unpaired) electrons. The second-order valence-corrected chi connectivity index (χ2v) is 5.45. The molecule has 19 heavy (non-hydrogen) atoms. The summed E-state index contributed by atoms with van der Waals surface area (Å²) in [6, 6.07) is 12.0. The quantitative estimate of drug-likeness (QED) is 0.878. The Kier molecular flexibility index (Phi) is 4.58. The molecule has 3 nitrogen and oxygen atoms in total. The van der Waals surface area contributed by atoms with Gasteiger partial charge in [-0.2, -0.15) is 0 Å². The molecule has 0 unspecified atom stereocenters. The van der Waals surface area contributed by atoms with Gasteiger partial charge in [0.25, 0.3) is 0 Å². The number of nitrogens with one attached hydrogen (secondary N) is 2. The first kappa shape index (κ1) is 13.6. The second kappa shape index (κ2) is 6.38. The Morgan fingerprint density at radius 2 is 2.05 bits per heavy atom. The van der Waals surface area contributed by atoms with E-state index in [9.17, 15) is 4.79 Å². The number of hydrogen-bond donors (Lipinski definition) is 2. The van der Waals surface area contributed by atoms with Crippen molar-refractivity contribution in [1.29, 1.82) is 0 Å². The van der Waals surface area contributed by atoms with Gasteiger partial charge in [-0.05, 0) is 36.9 Å². The number of hydrogen-bond acceptors (Lipinski definition) is 3. The Morgan fingerprint density at radius 3 is 2.74 bits per heavy atom. The fourth-order valence-electron chi connectivity index (χ4n) is 1.85. The van der Waals surface area contributed by atoms with Crippen LogP contribution in [0.5, 0.6) is 0 Å². The fourth-order valence-corrected chi connectivity index (χ4v) is 2.58. The van der Waals surface area contributed by atoms with Crippen LogP contribution < -0.4 is 10.6 Å². The average Bonchev–Trinajstić information content (AvgIpc) is 2.91. The summed E-state index contributed by atoms with van der Waals surface area (Å²) in [5.74, 6) is 0.00385. The van der Waals surface area contributed by atoms with Gasteiger partial charge in [0, 0.05) is 10.6 Å². The van der Waals surface area contributed by atoms with Gasteiger partial charge in [0.05, 0.1) is 12.6 Å². The first-order valence-corrected chi connectivity index (χ1v) is 7.17. The highest BCUT2D eigenvalue weighted by molar-refractivity contribution is 7.10. The number of thiophene rings is 1. The number of para-hydroxylation sites is 1. The van der Waals surface area contributed by atoms with E-state index in [1.165, 1.54) is 4.88 Å². The van der Waals surface area contributed by atoms with E-state index in [0.29, 0.717) is 6.54 Å². The van der Waals surface area contributed by atoms with Crippen molar-refractivity contribution in [2.24, 2.45) is 0 Å². The molecule has 0 aliphatic carbocycles. The Labute approximate surface area is 117 Å². The highest BCUT2D eigenvalue weighted by Gasteiger charge is 2.10. The SMILES string of the molecule is Cc1ccccc1NCC(=O)N[C@@H](C)c1cccs1. The summed E-state index contributed by atoms with van der Waals surface area (Å²) in [4.78, 5) is 13.0. The predicted octanol–water partition coefficient (Wildman–Crippen LogP) is 3.35. The lowest BCUT2D eigenvalue weighted by Gasteiger charge is -2.14. The third-order valence-corrected chi connectivity index (χ3v) is 3.99. The van der Waals surface area contributed by atoms with Gasteiger partial charge in [-0.25, -0.2) is 0 Å². The number of aryl methyl sites for hydroxylation is 1. The van der Waals surface area contributed by atoms with Crippen molar-refractivity contribution in [2.75, 3.05) is 11.9 Å². The number of amides is 1. The molecule has 0 fully saturated rings. The molecule has 100 valence electrons. The van der Waals surface area contributed by atoms with Crippen LogP contribution in [0.25, 0.3) is 0 Å². The molecule has 1 atom stereocenters. The zero-order valence-electron chi connectivity index (χ0n) is 11.1. The van der Waals surface area contributed by atoms with Crippen LogP contribution in [0, 0.1) is 6.92 Å². The maximum atomic E-state index is 11.9. The number of rotatable bonds is 5.